The molecular weight excluding hydrogens is 376 g/mol. The molecule has 1 N–H and O–H groups in total. The van der Waals surface area contributed by atoms with Crippen LogP contribution in [0.25, 0.3) is 0 Å². The van der Waals surface area contributed by atoms with Crippen molar-refractivity contribution in [2.45, 2.75) is 18.9 Å². The van der Waals surface area contributed by atoms with Crippen LogP contribution in [-0.4, -0.2) is 13.1 Å². The summed E-state index contributed by atoms with van der Waals surface area (Å²) in [6, 6.07) is 10.4. The van der Waals surface area contributed by atoms with E-state index in [-0.39, 0.29) is 11.9 Å². The lowest BCUT2D eigenvalue weighted by molar-refractivity contribution is 0.554. The lowest BCUT2D eigenvalue weighted by Gasteiger charge is -2.19. The van der Waals surface area contributed by atoms with Gasteiger partial charge in [0.15, 0.2) is 0 Å². The van der Waals surface area contributed by atoms with E-state index in [1.807, 2.05) is 25.2 Å². The summed E-state index contributed by atoms with van der Waals surface area (Å²) in [5.41, 5.74) is 1.97. The highest BCUT2D eigenvalue weighted by Gasteiger charge is 2.15. The van der Waals surface area contributed by atoms with Crippen molar-refractivity contribution in [2.24, 2.45) is 0 Å². The van der Waals surface area contributed by atoms with E-state index in [0.29, 0.717) is 16.5 Å². The van der Waals surface area contributed by atoms with Gasteiger partial charge in [0.1, 0.15) is 5.82 Å². The molecule has 0 aliphatic heterocycles. The quantitative estimate of drug-likeness (QED) is 0.733. The van der Waals surface area contributed by atoms with Crippen molar-refractivity contribution < 1.29 is 4.39 Å². The Labute approximate surface area is 142 Å². The fourth-order valence-electron chi connectivity index (χ4n) is 2.20. The minimum atomic E-state index is -0.249. The van der Waals surface area contributed by atoms with Gasteiger partial charge in [-0.15, -0.1) is 0 Å². The number of likely N-dealkylation sites (N-methyl/N-ethyl adjacent to an activating group) is 1. The van der Waals surface area contributed by atoms with Gasteiger partial charge in [-0.1, -0.05) is 51.3 Å². The minimum Gasteiger partial charge on any atom is -0.316 e. The van der Waals surface area contributed by atoms with Gasteiger partial charge in [-0.05, 0) is 55.3 Å². The second-order valence-electron chi connectivity index (χ2n) is 4.83. The molecule has 1 nitrogen and oxygen atoms in total. The zero-order chi connectivity index (χ0) is 15.4. The number of nitrogens with one attached hydrogen (secondary N) is 1. The summed E-state index contributed by atoms with van der Waals surface area (Å²) in [6.45, 7) is 0. The first kappa shape index (κ1) is 16.8. The van der Waals surface area contributed by atoms with E-state index in [2.05, 4.69) is 21.2 Å². The second kappa shape index (κ2) is 7.59. The van der Waals surface area contributed by atoms with Crippen molar-refractivity contribution in [3.63, 3.8) is 0 Å². The molecule has 1 atom stereocenters. The van der Waals surface area contributed by atoms with Crippen LogP contribution in [-0.2, 0) is 12.8 Å². The highest BCUT2D eigenvalue weighted by molar-refractivity contribution is 9.10. The Bertz CT molecular complexity index is 613. The molecule has 0 spiro atoms. The summed E-state index contributed by atoms with van der Waals surface area (Å²) in [5, 5.41) is 4.60. The van der Waals surface area contributed by atoms with Crippen molar-refractivity contribution in [1.82, 2.24) is 5.32 Å². The Balaban J connectivity index is 2.17. The molecule has 0 bridgehead atoms. The third kappa shape index (κ3) is 4.43. The Kier molecular flexibility index (Phi) is 6.06. The van der Waals surface area contributed by atoms with Gasteiger partial charge < -0.3 is 5.32 Å². The zero-order valence-corrected chi connectivity index (χ0v) is 14.6. The van der Waals surface area contributed by atoms with Crippen LogP contribution in [0.5, 0.6) is 0 Å². The summed E-state index contributed by atoms with van der Waals surface area (Å²) >= 11 is 15.8. The molecule has 2 aromatic rings. The van der Waals surface area contributed by atoms with Gasteiger partial charge in [0, 0.05) is 20.6 Å². The molecule has 0 aliphatic rings. The van der Waals surface area contributed by atoms with Gasteiger partial charge in [-0.3, -0.25) is 0 Å². The molecule has 2 rings (SSSR count). The molecule has 0 saturated heterocycles. The van der Waals surface area contributed by atoms with Crippen LogP contribution in [0.1, 0.15) is 11.1 Å². The maximum absolute atomic E-state index is 13.1. The number of hydrogen-bond acceptors (Lipinski definition) is 1. The SMILES string of the molecule is CNC(Cc1ccc(F)cc1Br)Cc1c(Cl)cccc1Cl. The average molecular weight is 391 g/mol. The van der Waals surface area contributed by atoms with E-state index in [4.69, 9.17) is 23.2 Å². The normalized spacial score (nSPS) is 12.4. The Hall–Kier alpha value is -0.610. The third-order valence-corrected chi connectivity index (χ3v) is 4.85. The monoisotopic (exact) mass is 389 g/mol. The molecular formula is C16H15BrCl2FN. The zero-order valence-electron chi connectivity index (χ0n) is 11.5. The molecule has 5 heteroatoms. The lowest BCUT2D eigenvalue weighted by atomic mass is 9.99. The number of rotatable bonds is 5. The molecule has 0 aliphatic carbocycles. The predicted molar refractivity (Wildman–Crippen MR) is 90.8 cm³/mol. The van der Waals surface area contributed by atoms with E-state index in [1.54, 1.807) is 6.07 Å². The first-order chi connectivity index (χ1) is 10.0. The fraction of sp³-hybridized carbons (Fsp3) is 0.250. The van der Waals surface area contributed by atoms with E-state index in [9.17, 15) is 4.39 Å². The highest BCUT2D eigenvalue weighted by Crippen LogP contribution is 2.27. The van der Waals surface area contributed by atoms with Gasteiger partial charge in [0.05, 0.1) is 0 Å². The highest BCUT2D eigenvalue weighted by atomic mass is 79.9. The minimum absolute atomic E-state index is 0.157. The largest absolute Gasteiger partial charge is 0.316 e. The Morgan fingerprint density at radius 1 is 1.14 bits per heavy atom. The van der Waals surface area contributed by atoms with Gasteiger partial charge >= 0.3 is 0 Å². The molecule has 2 aromatic carbocycles. The van der Waals surface area contributed by atoms with E-state index in [0.717, 1.165) is 22.0 Å². The molecule has 0 amide bonds. The van der Waals surface area contributed by atoms with E-state index in [1.165, 1.54) is 12.1 Å². The van der Waals surface area contributed by atoms with E-state index >= 15 is 0 Å². The Morgan fingerprint density at radius 2 is 1.81 bits per heavy atom. The lowest BCUT2D eigenvalue weighted by Crippen LogP contribution is -2.30. The molecule has 0 aromatic heterocycles. The standard InChI is InChI=1S/C16H15BrCl2FN/c1-21-12(7-10-5-6-11(20)8-14(10)17)9-13-15(18)3-2-4-16(13)19/h2-6,8,12,21H,7,9H2,1H3. The van der Waals surface area contributed by atoms with Crippen molar-refractivity contribution >= 4 is 39.1 Å². The summed E-state index contributed by atoms with van der Waals surface area (Å²) < 4.78 is 13.9. The average Bonchev–Trinajstić information content (AvgIpc) is 2.44. The third-order valence-electron chi connectivity index (χ3n) is 3.40. The Morgan fingerprint density at radius 3 is 2.38 bits per heavy atom. The fourth-order valence-corrected chi connectivity index (χ4v) is 3.27. The molecule has 112 valence electrons. The van der Waals surface area contributed by atoms with Crippen LogP contribution >= 0.6 is 39.1 Å². The van der Waals surface area contributed by atoms with Crippen LogP contribution in [0.4, 0.5) is 4.39 Å². The van der Waals surface area contributed by atoms with Gasteiger partial charge in [-0.2, -0.15) is 0 Å². The molecule has 21 heavy (non-hydrogen) atoms. The van der Waals surface area contributed by atoms with Crippen LogP contribution in [0.15, 0.2) is 40.9 Å². The van der Waals surface area contributed by atoms with Crippen molar-refractivity contribution in [1.29, 1.82) is 0 Å². The molecule has 0 saturated carbocycles. The number of benzene rings is 2. The van der Waals surface area contributed by atoms with Crippen LogP contribution in [0.2, 0.25) is 10.0 Å². The first-order valence-electron chi connectivity index (χ1n) is 6.55. The van der Waals surface area contributed by atoms with Crippen molar-refractivity contribution in [2.75, 3.05) is 7.05 Å². The first-order valence-corrected chi connectivity index (χ1v) is 8.10. The summed E-state index contributed by atoms with van der Waals surface area (Å²) in [6.07, 6.45) is 1.46. The van der Waals surface area contributed by atoms with Crippen LogP contribution < -0.4 is 5.32 Å². The number of halogens is 4. The van der Waals surface area contributed by atoms with Gasteiger partial charge in [0.2, 0.25) is 0 Å². The van der Waals surface area contributed by atoms with Crippen LogP contribution in [0.3, 0.4) is 0 Å². The number of hydrogen-bond donors (Lipinski definition) is 1. The van der Waals surface area contributed by atoms with Gasteiger partial charge in [0.25, 0.3) is 0 Å². The predicted octanol–water partition coefficient (Wildman–Crippen LogP) is 5.27. The molecule has 0 heterocycles. The summed E-state index contributed by atoms with van der Waals surface area (Å²) in [4.78, 5) is 0. The molecule has 1 unspecified atom stereocenters. The summed E-state index contributed by atoms with van der Waals surface area (Å²) in [7, 11) is 1.90. The summed E-state index contributed by atoms with van der Waals surface area (Å²) in [5.74, 6) is -0.249. The van der Waals surface area contributed by atoms with Crippen molar-refractivity contribution in [3.05, 3.63) is 67.9 Å². The maximum Gasteiger partial charge on any atom is 0.124 e. The maximum atomic E-state index is 13.1. The van der Waals surface area contributed by atoms with Crippen LogP contribution in [0, 0.1) is 5.82 Å². The smallest absolute Gasteiger partial charge is 0.124 e. The second-order valence-corrected chi connectivity index (χ2v) is 6.50. The topological polar surface area (TPSA) is 12.0 Å². The molecule has 0 fully saturated rings. The van der Waals surface area contributed by atoms with E-state index < -0.39 is 0 Å². The van der Waals surface area contributed by atoms with Gasteiger partial charge in [-0.25, -0.2) is 4.39 Å². The molecule has 0 radical (unpaired) electrons. The van der Waals surface area contributed by atoms with Crippen molar-refractivity contribution in [3.8, 4) is 0 Å².